The lowest BCUT2D eigenvalue weighted by Crippen LogP contribution is -1.89. The molecule has 0 atom stereocenters. The third-order valence-corrected chi connectivity index (χ3v) is 2.06. The molecule has 66 valence electrons. The average molecular weight is 194 g/mol. The maximum absolute atomic E-state index is 9.56. The number of phenolic OH excluding ortho intramolecular Hbond substituents is 1. The van der Waals surface area contributed by atoms with Crippen LogP contribution >= 0.6 is 11.6 Å². The van der Waals surface area contributed by atoms with Crippen LogP contribution in [0.15, 0.2) is 42.7 Å². The van der Waals surface area contributed by atoms with E-state index in [0.717, 1.165) is 5.69 Å². The number of hydrogen-bond donors (Lipinski definition) is 1. The fourth-order valence-corrected chi connectivity index (χ4v) is 1.38. The average Bonchev–Trinajstić information content (AvgIpc) is 2.56. The van der Waals surface area contributed by atoms with Crippen LogP contribution in [-0.4, -0.2) is 9.67 Å². The first-order valence-corrected chi connectivity index (χ1v) is 4.27. The van der Waals surface area contributed by atoms with Crippen molar-refractivity contribution in [3.63, 3.8) is 0 Å². The molecule has 1 aromatic carbocycles. The fourth-order valence-electron chi connectivity index (χ4n) is 1.21. The second kappa shape index (κ2) is 3.15. The maximum atomic E-state index is 9.56. The van der Waals surface area contributed by atoms with Crippen molar-refractivity contribution in [2.24, 2.45) is 0 Å². The van der Waals surface area contributed by atoms with Crippen LogP contribution in [0.25, 0.3) is 5.69 Å². The molecule has 0 saturated carbocycles. The van der Waals surface area contributed by atoms with Crippen LogP contribution in [0.2, 0.25) is 5.02 Å². The molecule has 0 saturated heterocycles. The van der Waals surface area contributed by atoms with Crippen molar-refractivity contribution >= 4 is 11.6 Å². The minimum Gasteiger partial charge on any atom is -0.506 e. The molecular weight excluding hydrogens is 186 g/mol. The smallest absolute Gasteiger partial charge is 0.141 e. The second-order valence-electron chi connectivity index (χ2n) is 2.72. The molecule has 0 aliphatic heterocycles. The number of aromatic hydroxyl groups is 1. The Balaban J connectivity index is 2.53. The molecule has 13 heavy (non-hydrogen) atoms. The van der Waals surface area contributed by atoms with Gasteiger partial charge in [0.05, 0.1) is 5.69 Å². The van der Waals surface area contributed by atoms with Crippen molar-refractivity contribution in [3.8, 4) is 11.4 Å². The number of hydrogen-bond acceptors (Lipinski definition) is 1. The van der Waals surface area contributed by atoms with Crippen LogP contribution in [0.4, 0.5) is 0 Å². The lowest BCUT2D eigenvalue weighted by molar-refractivity contribution is 0.472. The summed E-state index contributed by atoms with van der Waals surface area (Å²) in [5.74, 6) is 0.184. The summed E-state index contributed by atoms with van der Waals surface area (Å²) in [6.45, 7) is 0. The second-order valence-corrected chi connectivity index (χ2v) is 3.16. The molecule has 2 rings (SSSR count). The number of aromatic nitrogens is 1. The predicted octanol–water partition coefficient (Wildman–Crippen LogP) is 2.84. The highest BCUT2D eigenvalue weighted by atomic mass is 35.5. The molecule has 0 bridgehead atoms. The number of benzene rings is 1. The molecule has 2 aromatic rings. The quantitative estimate of drug-likeness (QED) is 0.740. The van der Waals surface area contributed by atoms with Crippen molar-refractivity contribution < 1.29 is 5.11 Å². The lowest BCUT2D eigenvalue weighted by Gasteiger charge is -2.05. The topological polar surface area (TPSA) is 25.2 Å². The Kier molecular flexibility index (Phi) is 1.99. The van der Waals surface area contributed by atoms with E-state index in [1.54, 1.807) is 12.1 Å². The molecule has 0 unspecified atom stereocenters. The van der Waals surface area contributed by atoms with Gasteiger partial charge in [0.25, 0.3) is 0 Å². The van der Waals surface area contributed by atoms with Gasteiger partial charge in [-0.05, 0) is 24.3 Å². The molecule has 0 amide bonds. The van der Waals surface area contributed by atoms with E-state index in [0.29, 0.717) is 5.02 Å². The monoisotopic (exact) mass is 193 g/mol. The summed E-state index contributed by atoms with van der Waals surface area (Å²) in [7, 11) is 0. The SMILES string of the molecule is Oc1cc(Cl)ccc1-n1cccc1. The minimum absolute atomic E-state index is 0.184. The third-order valence-electron chi connectivity index (χ3n) is 1.82. The van der Waals surface area contributed by atoms with Crippen LogP contribution in [0.5, 0.6) is 5.75 Å². The summed E-state index contributed by atoms with van der Waals surface area (Å²) in [5.41, 5.74) is 0.731. The Morgan fingerprint density at radius 3 is 2.46 bits per heavy atom. The highest BCUT2D eigenvalue weighted by Gasteiger charge is 2.01. The number of rotatable bonds is 1. The zero-order valence-electron chi connectivity index (χ0n) is 6.81. The zero-order chi connectivity index (χ0) is 9.26. The Hall–Kier alpha value is -1.41. The summed E-state index contributed by atoms with van der Waals surface area (Å²) >= 11 is 5.71. The molecule has 0 aliphatic rings. The molecule has 0 fully saturated rings. The van der Waals surface area contributed by atoms with Gasteiger partial charge in [0.15, 0.2) is 0 Å². The van der Waals surface area contributed by atoms with Gasteiger partial charge >= 0.3 is 0 Å². The highest BCUT2D eigenvalue weighted by Crippen LogP contribution is 2.25. The summed E-state index contributed by atoms with van der Waals surface area (Å²) in [4.78, 5) is 0. The fraction of sp³-hybridized carbons (Fsp3) is 0. The first kappa shape index (κ1) is 8.20. The van der Waals surface area contributed by atoms with E-state index in [9.17, 15) is 5.11 Å². The summed E-state index contributed by atoms with van der Waals surface area (Å²) in [5, 5.41) is 10.1. The summed E-state index contributed by atoms with van der Waals surface area (Å²) in [6, 6.07) is 8.84. The van der Waals surface area contributed by atoms with Gasteiger partial charge in [0.1, 0.15) is 5.75 Å². The van der Waals surface area contributed by atoms with Crippen LogP contribution < -0.4 is 0 Å². The first-order valence-electron chi connectivity index (χ1n) is 3.89. The minimum atomic E-state index is 0.184. The Morgan fingerprint density at radius 1 is 1.15 bits per heavy atom. The Morgan fingerprint density at radius 2 is 1.85 bits per heavy atom. The van der Waals surface area contributed by atoms with Gasteiger partial charge in [-0.3, -0.25) is 0 Å². The highest BCUT2D eigenvalue weighted by molar-refractivity contribution is 6.30. The van der Waals surface area contributed by atoms with Crippen molar-refractivity contribution in [1.29, 1.82) is 0 Å². The van der Waals surface area contributed by atoms with Gasteiger partial charge in [-0.15, -0.1) is 0 Å². The van der Waals surface area contributed by atoms with Crippen LogP contribution in [0.3, 0.4) is 0 Å². The van der Waals surface area contributed by atoms with E-state index in [-0.39, 0.29) is 5.75 Å². The van der Waals surface area contributed by atoms with Gasteiger partial charge < -0.3 is 9.67 Å². The van der Waals surface area contributed by atoms with Crippen molar-refractivity contribution in [2.45, 2.75) is 0 Å². The standard InChI is InChI=1S/C10H8ClNO/c11-8-3-4-9(10(13)7-8)12-5-1-2-6-12/h1-7,13H. The van der Waals surface area contributed by atoms with Crippen molar-refractivity contribution in [3.05, 3.63) is 47.7 Å². The molecule has 0 aliphatic carbocycles. The predicted molar refractivity (Wildman–Crippen MR) is 52.4 cm³/mol. The van der Waals surface area contributed by atoms with E-state index in [2.05, 4.69) is 0 Å². The first-order chi connectivity index (χ1) is 6.27. The summed E-state index contributed by atoms with van der Waals surface area (Å²) < 4.78 is 1.83. The summed E-state index contributed by atoms with van der Waals surface area (Å²) in [6.07, 6.45) is 3.73. The van der Waals surface area contributed by atoms with Gasteiger partial charge in [-0.25, -0.2) is 0 Å². The zero-order valence-corrected chi connectivity index (χ0v) is 7.57. The van der Waals surface area contributed by atoms with E-state index < -0.39 is 0 Å². The number of halogens is 1. The van der Waals surface area contributed by atoms with Crippen LogP contribution in [0.1, 0.15) is 0 Å². The van der Waals surface area contributed by atoms with Gasteiger partial charge in [0, 0.05) is 23.5 Å². The van der Waals surface area contributed by atoms with Crippen molar-refractivity contribution in [1.82, 2.24) is 4.57 Å². The van der Waals surface area contributed by atoms with E-state index in [4.69, 9.17) is 11.6 Å². The van der Waals surface area contributed by atoms with E-state index in [1.807, 2.05) is 29.1 Å². The molecule has 3 heteroatoms. The molecule has 0 radical (unpaired) electrons. The largest absolute Gasteiger partial charge is 0.506 e. The molecule has 1 heterocycles. The van der Waals surface area contributed by atoms with Gasteiger partial charge in [0.2, 0.25) is 0 Å². The molecule has 1 N–H and O–H groups in total. The van der Waals surface area contributed by atoms with E-state index in [1.165, 1.54) is 6.07 Å². The Labute approximate surface area is 81.0 Å². The lowest BCUT2D eigenvalue weighted by atomic mass is 10.3. The third kappa shape index (κ3) is 1.53. The molecular formula is C10H8ClNO. The van der Waals surface area contributed by atoms with Crippen LogP contribution in [-0.2, 0) is 0 Å². The van der Waals surface area contributed by atoms with Gasteiger partial charge in [-0.1, -0.05) is 11.6 Å². The maximum Gasteiger partial charge on any atom is 0.141 e. The van der Waals surface area contributed by atoms with Crippen LogP contribution in [0, 0.1) is 0 Å². The number of phenols is 1. The van der Waals surface area contributed by atoms with Crippen molar-refractivity contribution in [2.75, 3.05) is 0 Å². The molecule has 0 spiro atoms. The molecule has 2 nitrogen and oxygen atoms in total. The van der Waals surface area contributed by atoms with E-state index >= 15 is 0 Å². The Bertz CT molecular complexity index is 409. The van der Waals surface area contributed by atoms with Gasteiger partial charge in [-0.2, -0.15) is 0 Å². The molecule has 1 aromatic heterocycles. The number of nitrogens with zero attached hydrogens (tertiary/aromatic N) is 1. The normalized spacial score (nSPS) is 10.2.